The van der Waals surface area contributed by atoms with E-state index < -0.39 is 0 Å². The van der Waals surface area contributed by atoms with Crippen LogP contribution in [0, 0.1) is 26.6 Å². The molecule has 2 aromatic rings. The Morgan fingerprint density at radius 3 is 2.55 bits per heavy atom. The van der Waals surface area contributed by atoms with Gasteiger partial charge in [-0.1, -0.05) is 13.0 Å². The highest BCUT2D eigenvalue weighted by Gasteiger charge is 2.21. The predicted octanol–water partition coefficient (Wildman–Crippen LogP) is 3.84. The van der Waals surface area contributed by atoms with E-state index in [4.69, 9.17) is 0 Å². The molecule has 1 unspecified atom stereocenters. The van der Waals surface area contributed by atoms with Crippen molar-refractivity contribution in [3.05, 3.63) is 64.2 Å². The van der Waals surface area contributed by atoms with Gasteiger partial charge in [0.1, 0.15) is 5.82 Å². The lowest BCUT2D eigenvalue weighted by Gasteiger charge is -2.23. The van der Waals surface area contributed by atoms with Crippen LogP contribution in [0.5, 0.6) is 0 Å². The summed E-state index contributed by atoms with van der Waals surface area (Å²) in [6.07, 6.45) is 3.58. The van der Waals surface area contributed by atoms with Crippen molar-refractivity contribution < 1.29 is 4.39 Å². The Labute approximate surface area is 120 Å². The van der Waals surface area contributed by atoms with Crippen molar-refractivity contribution in [3.8, 4) is 0 Å². The average Bonchev–Trinajstić information content (AvgIpc) is 2.37. The first-order chi connectivity index (χ1) is 9.54. The molecular weight excluding hydrogens is 251 g/mol. The molecule has 0 aliphatic carbocycles. The van der Waals surface area contributed by atoms with E-state index >= 15 is 0 Å². The molecule has 0 amide bonds. The molecule has 1 aromatic heterocycles. The number of benzene rings is 1. The summed E-state index contributed by atoms with van der Waals surface area (Å²) in [7, 11) is 0. The monoisotopic (exact) mass is 272 g/mol. The molecule has 0 bridgehead atoms. The third-order valence-corrected chi connectivity index (χ3v) is 3.57. The lowest BCUT2D eigenvalue weighted by molar-refractivity contribution is 0.553. The highest BCUT2D eigenvalue weighted by Crippen LogP contribution is 2.29. The van der Waals surface area contributed by atoms with Crippen molar-refractivity contribution in [1.29, 1.82) is 0 Å². The first-order valence-electron chi connectivity index (χ1n) is 6.95. The molecule has 0 aliphatic rings. The van der Waals surface area contributed by atoms with E-state index in [1.807, 2.05) is 46.0 Å². The zero-order valence-corrected chi connectivity index (χ0v) is 12.5. The van der Waals surface area contributed by atoms with E-state index in [1.165, 1.54) is 0 Å². The maximum Gasteiger partial charge on any atom is 0.128 e. The molecule has 106 valence electrons. The van der Waals surface area contributed by atoms with Gasteiger partial charge in [0.2, 0.25) is 0 Å². The van der Waals surface area contributed by atoms with E-state index in [2.05, 4.69) is 10.3 Å². The van der Waals surface area contributed by atoms with Crippen molar-refractivity contribution in [2.75, 3.05) is 6.54 Å². The van der Waals surface area contributed by atoms with Crippen LogP contribution in [-0.4, -0.2) is 11.5 Å². The van der Waals surface area contributed by atoms with Crippen molar-refractivity contribution in [3.63, 3.8) is 0 Å². The molecular formula is C17H21FN2. The largest absolute Gasteiger partial charge is 0.306 e. The smallest absolute Gasteiger partial charge is 0.128 e. The predicted molar refractivity (Wildman–Crippen MR) is 80.4 cm³/mol. The molecule has 2 rings (SSSR count). The third kappa shape index (κ3) is 2.88. The van der Waals surface area contributed by atoms with Crippen LogP contribution in [0.15, 0.2) is 30.6 Å². The van der Waals surface area contributed by atoms with Crippen molar-refractivity contribution in [2.45, 2.75) is 33.7 Å². The fraction of sp³-hybridized carbons (Fsp3) is 0.353. The van der Waals surface area contributed by atoms with E-state index in [-0.39, 0.29) is 11.9 Å². The number of nitrogens with one attached hydrogen (secondary N) is 1. The Kier molecular flexibility index (Phi) is 4.50. The lowest BCUT2D eigenvalue weighted by Crippen LogP contribution is -2.25. The van der Waals surface area contributed by atoms with Gasteiger partial charge in [-0.15, -0.1) is 0 Å². The molecule has 0 saturated heterocycles. The molecule has 0 saturated carbocycles. The topological polar surface area (TPSA) is 24.9 Å². The maximum absolute atomic E-state index is 14.4. The van der Waals surface area contributed by atoms with Crippen LogP contribution in [0.4, 0.5) is 4.39 Å². The van der Waals surface area contributed by atoms with Gasteiger partial charge in [-0.25, -0.2) is 4.39 Å². The van der Waals surface area contributed by atoms with Gasteiger partial charge < -0.3 is 5.32 Å². The summed E-state index contributed by atoms with van der Waals surface area (Å²) in [5, 5.41) is 3.38. The minimum Gasteiger partial charge on any atom is -0.306 e. The highest BCUT2D eigenvalue weighted by molar-refractivity contribution is 5.41. The minimum absolute atomic E-state index is 0.156. The molecule has 0 fully saturated rings. The fourth-order valence-electron chi connectivity index (χ4n) is 2.64. The summed E-state index contributed by atoms with van der Waals surface area (Å²) in [6, 6.07) is 5.42. The minimum atomic E-state index is -0.158. The summed E-state index contributed by atoms with van der Waals surface area (Å²) >= 11 is 0. The molecule has 20 heavy (non-hydrogen) atoms. The SMILES string of the molecule is CCNC(c1cnccc1C)c1c(C)cc(C)cc1F. The molecule has 3 heteroatoms. The number of aryl methyl sites for hydroxylation is 3. The number of nitrogens with zero attached hydrogens (tertiary/aromatic N) is 1. The van der Waals surface area contributed by atoms with Crippen LogP contribution in [-0.2, 0) is 0 Å². The van der Waals surface area contributed by atoms with Crippen molar-refractivity contribution >= 4 is 0 Å². The number of rotatable bonds is 4. The number of hydrogen-bond donors (Lipinski definition) is 1. The standard InChI is InChI=1S/C17H21FN2/c1-5-20-17(14-10-19-7-6-12(14)3)16-13(4)8-11(2)9-15(16)18/h6-10,17,20H,5H2,1-4H3. The van der Waals surface area contributed by atoms with E-state index in [9.17, 15) is 4.39 Å². The van der Waals surface area contributed by atoms with Crippen LogP contribution in [0.25, 0.3) is 0 Å². The Hall–Kier alpha value is -1.74. The van der Waals surface area contributed by atoms with Gasteiger partial charge in [0.05, 0.1) is 6.04 Å². The van der Waals surface area contributed by atoms with E-state index in [1.54, 1.807) is 12.3 Å². The summed E-state index contributed by atoms with van der Waals surface area (Å²) in [5.74, 6) is -0.156. The van der Waals surface area contributed by atoms with Crippen molar-refractivity contribution in [2.24, 2.45) is 0 Å². The van der Waals surface area contributed by atoms with Crippen molar-refractivity contribution in [1.82, 2.24) is 10.3 Å². The van der Waals surface area contributed by atoms with Gasteiger partial charge in [0, 0.05) is 18.0 Å². The van der Waals surface area contributed by atoms with Crippen LogP contribution in [0.3, 0.4) is 0 Å². The first kappa shape index (κ1) is 14.7. The summed E-state index contributed by atoms with van der Waals surface area (Å²) in [5.41, 5.74) is 4.78. The zero-order valence-electron chi connectivity index (χ0n) is 12.5. The Balaban J connectivity index is 2.58. The van der Waals surface area contributed by atoms with E-state index in [0.717, 1.165) is 28.8 Å². The second kappa shape index (κ2) is 6.14. The van der Waals surface area contributed by atoms with Gasteiger partial charge >= 0.3 is 0 Å². The number of halogens is 1. The fourth-order valence-corrected chi connectivity index (χ4v) is 2.64. The highest BCUT2D eigenvalue weighted by atomic mass is 19.1. The average molecular weight is 272 g/mol. The van der Waals surface area contributed by atoms with Crippen LogP contribution in [0.2, 0.25) is 0 Å². The molecule has 1 N–H and O–H groups in total. The Morgan fingerprint density at radius 2 is 1.95 bits per heavy atom. The van der Waals surface area contributed by atoms with Crippen LogP contribution >= 0.6 is 0 Å². The quantitative estimate of drug-likeness (QED) is 0.914. The third-order valence-electron chi connectivity index (χ3n) is 3.57. The maximum atomic E-state index is 14.4. The normalized spacial score (nSPS) is 12.4. The molecule has 0 aliphatic heterocycles. The molecule has 1 heterocycles. The first-order valence-corrected chi connectivity index (χ1v) is 6.95. The zero-order chi connectivity index (χ0) is 14.7. The number of hydrogen-bond acceptors (Lipinski definition) is 2. The lowest BCUT2D eigenvalue weighted by atomic mass is 9.92. The van der Waals surface area contributed by atoms with Crippen LogP contribution in [0.1, 0.15) is 40.8 Å². The van der Waals surface area contributed by atoms with E-state index in [0.29, 0.717) is 5.56 Å². The number of pyridine rings is 1. The second-order valence-corrected chi connectivity index (χ2v) is 5.20. The van der Waals surface area contributed by atoms with Gasteiger partial charge in [0.15, 0.2) is 0 Å². The number of aromatic nitrogens is 1. The van der Waals surface area contributed by atoms with Crippen LogP contribution < -0.4 is 5.32 Å². The second-order valence-electron chi connectivity index (χ2n) is 5.20. The summed E-state index contributed by atoms with van der Waals surface area (Å²) in [6.45, 7) is 8.70. The summed E-state index contributed by atoms with van der Waals surface area (Å²) in [4.78, 5) is 4.19. The molecule has 1 atom stereocenters. The van der Waals surface area contributed by atoms with Gasteiger partial charge in [-0.2, -0.15) is 0 Å². The van der Waals surface area contributed by atoms with Gasteiger partial charge in [0.25, 0.3) is 0 Å². The molecule has 2 nitrogen and oxygen atoms in total. The Bertz CT molecular complexity index is 585. The summed E-state index contributed by atoms with van der Waals surface area (Å²) < 4.78 is 14.4. The molecule has 0 radical (unpaired) electrons. The van der Waals surface area contributed by atoms with Gasteiger partial charge in [-0.3, -0.25) is 4.98 Å². The molecule has 0 spiro atoms. The Morgan fingerprint density at radius 1 is 1.20 bits per heavy atom. The molecule has 1 aromatic carbocycles. The van der Waals surface area contributed by atoms with Gasteiger partial charge in [-0.05, 0) is 61.7 Å².